The predicted molar refractivity (Wildman–Crippen MR) is 110 cm³/mol. The van der Waals surface area contributed by atoms with E-state index in [1.54, 1.807) is 24.1 Å². The minimum atomic E-state index is -3.61. The summed E-state index contributed by atoms with van der Waals surface area (Å²) >= 11 is 0. The SMILES string of the molecule is CCCCN(C)S(=O)(=O)c1cccc(C(=O)N(CC)c2cccc(C)c2)c1. The summed E-state index contributed by atoms with van der Waals surface area (Å²) in [5.41, 5.74) is 2.23. The van der Waals surface area contributed by atoms with Crippen LogP contribution in [-0.4, -0.2) is 38.8 Å². The molecule has 27 heavy (non-hydrogen) atoms. The van der Waals surface area contributed by atoms with E-state index < -0.39 is 10.0 Å². The normalized spacial score (nSPS) is 11.6. The van der Waals surface area contributed by atoms with E-state index in [1.165, 1.54) is 16.4 Å². The molecular weight excluding hydrogens is 360 g/mol. The summed E-state index contributed by atoms with van der Waals surface area (Å²) in [6, 6.07) is 14.0. The van der Waals surface area contributed by atoms with Gasteiger partial charge in [0.25, 0.3) is 5.91 Å². The zero-order valence-corrected chi connectivity index (χ0v) is 17.3. The zero-order chi connectivity index (χ0) is 20.0. The molecule has 2 aromatic rings. The number of hydrogen-bond acceptors (Lipinski definition) is 3. The lowest BCUT2D eigenvalue weighted by Gasteiger charge is -2.22. The van der Waals surface area contributed by atoms with Crippen molar-refractivity contribution in [1.29, 1.82) is 0 Å². The van der Waals surface area contributed by atoms with Gasteiger partial charge in [-0.15, -0.1) is 0 Å². The van der Waals surface area contributed by atoms with Gasteiger partial charge in [-0.1, -0.05) is 31.5 Å². The summed E-state index contributed by atoms with van der Waals surface area (Å²) in [7, 11) is -2.03. The van der Waals surface area contributed by atoms with Gasteiger partial charge in [0, 0.05) is 31.4 Å². The van der Waals surface area contributed by atoms with Crippen LogP contribution in [0.2, 0.25) is 0 Å². The van der Waals surface area contributed by atoms with Crippen molar-refractivity contribution >= 4 is 21.6 Å². The number of sulfonamides is 1. The topological polar surface area (TPSA) is 57.7 Å². The number of rotatable bonds is 8. The molecule has 146 valence electrons. The van der Waals surface area contributed by atoms with Gasteiger partial charge in [-0.25, -0.2) is 12.7 Å². The molecule has 0 bridgehead atoms. The van der Waals surface area contributed by atoms with E-state index >= 15 is 0 Å². The van der Waals surface area contributed by atoms with Crippen molar-refractivity contribution in [1.82, 2.24) is 4.31 Å². The molecule has 0 aliphatic heterocycles. The number of carbonyl (C=O) groups excluding carboxylic acids is 1. The molecule has 0 saturated heterocycles. The standard InChI is InChI=1S/C21H28N2O3S/c1-5-7-14-22(4)27(25,26)20-13-9-11-18(16-20)21(24)23(6-2)19-12-8-10-17(3)15-19/h8-13,15-16H,5-7,14H2,1-4H3. The number of aryl methyl sites for hydroxylation is 1. The molecular formula is C21H28N2O3S. The summed E-state index contributed by atoms with van der Waals surface area (Å²) in [6.45, 7) is 6.85. The van der Waals surface area contributed by atoms with Crippen LogP contribution in [-0.2, 0) is 10.0 Å². The molecule has 0 N–H and O–H groups in total. The van der Waals surface area contributed by atoms with Gasteiger partial charge in [0.15, 0.2) is 0 Å². The van der Waals surface area contributed by atoms with Crippen LogP contribution in [0.5, 0.6) is 0 Å². The maximum atomic E-state index is 13.0. The maximum Gasteiger partial charge on any atom is 0.258 e. The summed E-state index contributed by atoms with van der Waals surface area (Å²) < 4.78 is 26.9. The van der Waals surface area contributed by atoms with Gasteiger partial charge in [-0.2, -0.15) is 0 Å². The highest BCUT2D eigenvalue weighted by Crippen LogP contribution is 2.21. The van der Waals surface area contributed by atoms with Gasteiger partial charge < -0.3 is 4.90 Å². The predicted octanol–water partition coefficient (Wildman–Crippen LogP) is 4.08. The smallest absolute Gasteiger partial charge is 0.258 e. The number of hydrogen-bond donors (Lipinski definition) is 0. The highest BCUT2D eigenvalue weighted by atomic mass is 32.2. The van der Waals surface area contributed by atoms with Gasteiger partial charge in [0.1, 0.15) is 0 Å². The molecule has 0 aromatic heterocycles. The fourth-order valence-electron chi connectivity index (χ4n) is 2.87. The summed E-state index contributed by atoms with van der Waals surface area (Å²) in [6.07, 6.45) is 1.71. The van der Waals surface area contributed by atoms with Crippen molar-refractivity contribution < 1.29 is 13.2 Å². The van der Waals surface area contributed by atoms with Crippen LogP contribution in [0.1, 0.15) is 42.6 Å². The van der Waals surface area contributed by atoms with E-state index in [1.807, 2.05) is 45.0 Å². The molecule has 0 spiro atoms. The van der Waals surface area contributed by atoms with Gasteiger partial charge in [-0.3, -0.25) is 4.79 Å². The van der Waals surface area contributed by atoms with Gasteiger partial charge in [0.2, 0.25) is 10.0 Å². The molecule has 0 heterocycles. The van der Waals surface area contributed by atoms with E-state index in [0.717, 1.165) is 24.1 Å². The third kappa shape index (κ3) is 4.96. The molecule has 5 nitrogen and oxygen atoms in total. The maximum absolute atomic E-state index is 13.0. The Morgan fingerprint density at radius 2 is 1.74 bits per heavy atom. The Bertz CT molecular complexity index is 894. The fraction of sp³-hybridized carbons (Fsp3) is 0.381. The Morgan fingerprint density at radius 1 is 1.04 bits per heavy atom. The Labute approximate surface area is 162 Å². The van der Waals surface area contributed by atoms with Crippen LogP contribution in [0.4, 0.5) is 5.69 Å². The number of unbranched alkanes of at least 4 members (excludes halogenated alkanes) is 1. The second kappa shape index (κ2) is 9.15. The van der Waals surface area contributed by atoms with E-state index in [-0.39, 0.29) is 10.8 Å². The summed E-state index contributed by atoms with van der Waals surface area (Å²) in [4.78, 5) is 14.8. The van der Waals surface area contributed by atoms with Crippen LogP contribution in [0.25, 0.3) is 0 Å². The van der Waals surface area contributed by atoms with E-state index in [4.69, 9.17) is 0 Å². The molecule has 0 atom stereocenters. The molecule has 0 aliphatic carbocycles. The largest absolute Gasteiger partial charge is 0.309 e. The van der Waals surface area contributed by atoms with Crippen LogP contribution in [0.3, 0.4) is 0 Å². The van der Waals surface area contributed by atoms with Crippen LogP contribution < -0.4 is 4.90 Å². The fourth-order valence-corrected chi connectivity index (χ4v) is 4.12. The van der Waals surface area contributed by atoms with Crippen molar-refractivity contribution in [2.75, 3.05) is 25.0 Å². The Morgan fingerprint density at radius 3 is 2.37 bits per heavy atom. The third-order valence-electron chi connectivity index (χ3n) is 4.49. The van der Waals surface area contributed by atoms with Crippen LogP contribution >= 0.6 is 0 Å². The number of anilines is 1. The van der Waals surface area contributed by atoms with Crippen molar-refractivity contribution in [3.63, 3.8) is 0 Å². The van der Waals surface area contributed by atoms with E-state index in [0.29, 0.717) is 18.7 Å². The first kappa shape index (κ1) is 21.1. The van der Waals surface area contributed by atoms with E-state index in [2.05, 4.69) is 0 Å². The van der Waals surface area contributed by atoms with Gasteiger partial charge in [-0.05, 0) is 56.2 Å². The lowest BCUT2D eigenvalue weighted by molar-refractivity contribution is 0.0988. The molecule has 0 aliphatic rings. The van der Waals surface area contributed by atoms with Crippen molar-refractivity contribution in [3.8, 4) is 0 Å². The molecule has 2 rings (SSSR count). The molecule has 0 radical (unpaired) electrons. The first-order valence-corrected chi connectivity index (χ1v) is 10.7. The molecule has 6 heteroatoms. The molecule has 0 saturated carbocycles. The minimum Gasteiger partial charge on any atom is -0.309 e. The average molecular weight is 389 g/mol. The second-order valence-electron chi connectivity index (χ2n) is 6.60. The lowest BCUT2D eigenvalue weighted by Crippen LogP contribution is -2.31. The number of carbonyl (C=O) groups is 1. The Balaban J connectivity index is 2.34. The molecule has 0 fully saturated rings. The highest BCUT2D eigenvalue weighted by Gasteiger charge is 2.23. The van der Waals surface area contributed by atoms with Crippen molar-refractivity contribution in [2.45, 2.75) is 38.5 Å². The number of amides is 1. The lowest BCUT2D eigenvalue weighted by atomic mass is 10.1. The minimum absolute atomic E-state index is 0.146. The van der Waals surface area contributed by atoms with Crippen molar-refractivity contribution in [3.05, 3.63) is 59.7 Å². The average Bonchev–Trinajstić information content (AvgIpc) is 2.66. The van der Waals surface area contributed by atoms with Crippen molar-refractivity contribution in [2.24, 2.45) is 0 Å². The van der Waals surface area contributed by atoms with E-state index in [9.17, 15) is 13.2 Å². The second-order valence-corrected chi connectivity index (χ2v) is 8.64. The van der Waals surface area contributed by atoms with Crippen LogP contribution in [0.15, 0.2) is 53.4 Å². The number of benzene rings is 2. The van der Waals surface area contributed by atoms with Crippen LogP contribution in [0, 0.1) is 6.92 Å². The number of nitrogens with zero attached hydrogens (tertiary/aromatic N) is 2. The highest BCUT2D eigenvalue weighted by molar-refractivity contribution is 7.89. The quantitative estimate of drug-likeness (QED) is 0.685. The van der Waals surface area contributed by atoms with Gasteiger partial charge in [0.05, 0.1) is 4.90 Å². The molecule has 2 aromatic carbocycles. The Kier molecular flexibility index (Phi) is 7.16. The monoisotopic (exact) mass is 388 g/mol. The zero-order valence-electron chi connectivity index (χ0n) is 16.5. The van der Waals surface area contributed by atoms with Gasteiger partial charge >= 0.3 is 0 Å². The Hall–Kier alpha value is -2.18. The molecule has 0 unspecified atom stereocenters. The third-order valence-corrected chi connectivity index (χ3v) is 6.34. The first-order valence-electron chi connectivity index (χ1n) is 9.26. The summed E-state index contributed by atoms with van der Waals surface area (Å²) in [5, 5.41) is 0. The molecule has 1 amide bonds. The summed E-state index contributed by atoms with van der Waals surface area (Å²) in [5.74, 6) is -0.212. The first-order chi connectivity index (χ1) is 12.8.